The summed E-state index contributed by atoms with van der Waals surface area (Å²) in [6.07, 6.45) is 11.2. The lowest BCUT2D eigenvalue weighted by molar-refractivity contribution is -0.162. The van der Waals surface area contributed by atoms with Crippen molar-refractivity contribution in [3.8, 4) is 0 Å². The maximum absolute atomic E-state index is 11.9. The summed E-state index contributed by atoms with van der Waals surface area (Å²) >= 11 is 0. The minimum Gasteiger partial charge on any atom is -0.481 e. The molecule has 0 amide bonds. The van der Waals surface area contributed by atoms with Gasteiger partial charge in [-0.15, -0.1) is 0 Å². The fraction of sp³-hybridized carbons (Fsp3) is 0.680. The molecule has 0 aromatic rings. The van der Waals surface area contributed by atoms with Gasteiger partial charge in [0.1, 0.15) is 0 Å². The number of rotatable bonds is 3. The number of carbonyl (C=O) groups is 2. The van der Waals surface area contributed by atoms with Crippen LogP contribution in [-0.4, -0.2) is 24.2 Å². The van der Waals surface area contributed by atoms with Crippen molar-refractivity contribution in [2.75, 3.05) is 7.11 Å². The van der Waals surface area contributed by atoms with Crippen molar-refractivity contribution < 1.29 is 19.4 Å². The minimum atomic E-state index is -0.588. The Morgan fingerprint density at radius 3 is 2.41 bits per heavy atom. The standard InChI is InChI=1S/C20H30O2.C5H8O2/c1-13(2)14-6-8-16-15(12-14)7-9-17-19(16,3)10-5-11-20(17,4)18(21)22;1-4(2)5(6)7-3/h7,12-13,16-17H,5-6,8-11H2,1-4H3,(H,21,22);1H2,2-3H3/t16-,17?,19+,20+;/m0./s1. The van der Waals surface area contributed by atoms with Gasteiger partial charge in [0.05, 0.1) is 12.5 Å². The van der Waals surface area contributed by atoms with Gasteiger partial charge in [-0.1, -0.05) is 51.5 Å². The van der Waals surface area contributed by atoms with Crippen LogP contribution in [0.25, 0.3) is 0 Å². The van der Waals surface area contributed by atoms with E-state index in [1.54, 1.807) is 12.5 Å². The van der Waals surface area contributed by atoms with Gasteiger partial charge in [-0.05, 0) is 74.7 Å². The molecule has 3 aliphatic rings. The lowest BCUT2D eigenvalue weighted by Crippen LogP contribution is -2.53. The molecule has 0 heterocycles. The number of hydrogen-bond donors (Lipinski definition) is 1. The third-order valence-corrected chi connectivity index (χ3v) is 7.60. The lowest BCUT2D eigenvalue weighted by Gasteiger charge is -2.57. The molecule has 1 unspecified atom stereocenters. The van der Waals surface area contributed by atoms with E-state index < -0.39 is 11.4 Å². The average Bonchev–Trinajstić information content (AvgIpc) is 2.67. The van der Waals surface area contributed by atoms with E-state index in [9.17, 15) is 14.7 Å². The van der Waals surface area contributed by atoms with Crippen molar-refractivity contribution in [1.82, 2.24) is 0 Å². The largest absolute Gasteiger partial charge is 0.481 e. The molecule has 4 atom stereocenters. The Balaban J connectivity index is 0.000000370. The molecule has 3 rings (SSSR count). The Morgan fingerprint density at radius 2 is 1.93 bits per heavy atom. The van der Waals surface area contributed by atoms with E-state index in [0.717, 1.165) is 19.3 Å². The van der Waals surface area contributed by atoms with Crippen molar-refractivity contribution in [2.24, 2.45) is 28.6 Å². The van der Waals surface area contributed by atoms with Crippen LogP contribution in [-0.2, 0) is 14.3 Å². The Bertz CT molecular complexity index is 729. The maximum atomic E-state index is 11.9. The third kappa shape index (κ3) is 4.51. The highest BCUT2D eigenvalue weighted by Crippen LogP contribution is 2.62. The van der Waals surface area contributed by atoms with E-state index in [1.165, 1.54) is 31.9 Å². The minimum absolute atomic E-state index is 0.161. The molecule has 0 aliphatic heterocycles. The van der Waals surface area contributed by atoms with Crippen molar-refractivity contribution in [1.29, 1.82) is 0 Å². The van der Waals surface area contributed by atoms with E-state index >= 15 is 0 Å². The van der Waals surface area contributed by atoms with Crippen LogP contribution < -0.4 is 0 Å². The van der Waals surface area contributed by atoms with Crippen LogP contribution >= 0.6 is 0 Å². The zero-order valence-electron chi connectivity index (χ0n) is 19.0. The molecule has 162 valence electrons. The Labute approximate surface area is 176 Å². The van der Waals surface area contributed by atoms with Gasteiger partial charge in [0, 0.05) is 5.57 Å². The number of allylic oxidation sites excluding steroid dienone is 4. The average molecular weight is 403 g/mol. The molecule has 1 fully saturated rings. The zero-order valence-corrected chi connectivity index (χ0v) is 19.0. The maximum Gasteiger partial charge on any atom is 0.332 e. The molecule has 4 nitrogen and oxygen atoms in total. The van der Waals surface area contributed by atoms with Gasteiger partial charge < -0.3 is 9.84 Å². The van der Waals surface area contributed by atoms with Crippen LogP contribution in [0.1, 0.15) is 73.1 Å². The second kappa shape index (κ2) is 8.89. The molecule has 0 aromatic carbocycles. The normalized spacial score (nSPS) is 33.2. The second-order valence-electron chi connectivity index (χ2n) is 9.81. The Morgan fingerprint density at radius 1 is 1.28 bits per heavy atom. The number of esters is 1. The van der Waals surface area contributed by atoms with Crippen molar-refractivity contribution in [2.45, 2.75) is 73.1 Å². The number of ether oxygens (including phenoxy) is 1. The molecular weight excluding hydrogens is 364 g/mol. The number of aliphatic carboxylic acids is 1. The van der Waals surface area contributed by atoms with Crippen molar-refractivity contribution >= 4 is 11.9 Å². The van der Waals surface area contributed by atoms with Crippen molar-refractivity contribution in [3.63, 3.8) is 0 Å². The number of fused-ring (bicyclic) bond motifs is 3. The highest BCUT2D eigenvalue weighted by atomic mass is 16.5. The van der Waals surface area contributed by atoms with E-state index in [2.05, 4.69) is 44.2 Å². The molecule has 1 N–H and O–H groups in total. The summed E-state index contributed by atoms with van der Waals surface area (Å²) in [7, 11) is 1.33. The summed E-state index contributed by atoms with van der Waals surface area (Å²) in [5.41, 5.74) is 3.12. The number of carbonyl (C=O) groups excluding carboxylic acids is 1. The quantitative estimate of drug-likeness (QED) is 0.468. The molecular formula is C25H38O4. The molecule has 3 aliphatic carbocycles. The first kappa shape index (κ1) is 23.4. The number of methoxy groups -OCH3 is 1. The van der Waals surface area contributed by atoms with Gasteiger partial charge in [0.2, 0.25) is 0 Å². The first-order valence-corrected chi connectivity index (χ1v) is 10.8. The predicted molar refractivity (Wildman–Crippen MR) is 116 cm³/mol. The molecule has 1 saturated carbocycles. The smallest absolute Gasteiger partial charge is 0.332 e. The number of carboxylic acids is 1. The Hall–Kier alpha value is -1.84. The molecule has 0 saturated heterocycles. The fourth-order valence-electron chi connectivity index (χ4n) is 5.77. The number of hydrogen-bond acceptors (Lipinski definition) is 3. The summed E-state index contributed by atoms with van der Waals surface area (Å²) in [5.74, 6) is 0.541. The highest BCUT2D eigenvalue weighted by Gasteiger charge is 2.57. The summed E-state index contributed by atoms with van der Waals surface area (Å²) < 4.78 is 4.27. The van der Waals surface area contributed by atoms with Gasteiger partial charge in [0.25, 0.3) is 0 Å². The summed E-state index contributed by atoms with van der Waals surface area (Å²) in [6.45, 7) is 13.9. The SMILES string of the molecule is C=C(C)C(=O)OC.CC(C)C1=CC2=CCC3[C@](C)(C(=O)O)CCC[C@]3(C)[C@H]2CC1. The van der Waals surface area contributed by atoms with Gasteiger partial charge in [-0.25, -0.2) is 4.79 Å². The molecule has 0 radical (unpaired) electrons. The topological polar surface area (TPSA) is 63.6 Å². The first-order chi connectivity index (χ1) is 13.5. The molecule has 29 heavy (non-hydrogen) atoms. The summed E-state index contributed by atoms with van der Waals surface area (Å²) in [5, 5.41) is 9.83. The van der Waals surface area contributed by atoms with E-state index in [-0.39, 0.29) is 17.3 Å². The highest BCUT2D eigenvalue weighted by molar-refractivity contribution is 5.86. The van der Waals surface area contributed by atoms with Crippen LogP contribution in [0.3, 0.4) is 0 Å². The van der Waals surface area contributed by atoms with Crippen LogP contribution in [0, 0.1) is 28.6 Å². The van der Waals surface area contributed by atoms with E-state index in [0.29, 0.717) is 17.4 Å². The summed E-state index contributed by atoms with van der Waals surface area (Å²) in [6, 6.07) is 0. The predicted octanol–water partition coefficient (Wildman–Crippen LogP) is 5.94. The van der Waals surface area contributed by atoms with Crippen LogP contribution in [0.2, 0.25) is 0 Å². The Kier molecular flexibility index (Phi) is 7.19. The molecule has 0 aromatic heterocycles. The van der Waals surface area contributed by atoms with Crippen LogP contribution in [0.15, 0.2) is 35.5 Å². The first-order valence-electron chi connectivity index (χ1n) is 10.8. The van der Waals surface area contributed by atoms with E-state index in [4.69, 9.17) is 0 Å². The summed E-state index contributed by atoms with van der Waals surface area (Å²) in [4.78, 5) is 22.1. The van der Waals surface area contributed by atoms with Crippen LogP contribution in [0.5, 0.6) is 0 Å². The zero-order chi connectivity index (χ0) is 22.0. The third-order valence-electron chi connectivity index (χ3n) is 7.60. The van der Waals surface area contributed by atoms with Gasteiger partial charge >= 0.3 is 11.9 Å². The monoisotopic (exact) mass is 402 g/mol. The molecule has 0 bridgehead atoms. The molecule has 0 spiro atoms. The fourth-order valence-corrected chi connectivity index (χ4v) is 5.77. The molecule has 4 heteroatoms. The second-order valence-corrected chi connectivity index (χ2v) is 9.81. The van der Waals surface area contributed by atoms with Crippen molar-refractivity contribution in [3.05, 3.63) is 35.5 Å². The van der Waals surface area contributed by atoms with Gasteiger partial charge in [-0.3, -0.25) is 4.79 Å². The van der Waals surface area contributed by atoms with Gasteiger partial charge in [0.15, 0.2) is 0 Å². The number of carboxylic acid groups (broad SMARTS) is 1. The van der Waals surface area contributed by atoms with Gasteiger partial charge in [-0.2, -0.15) is 0 Å². The lowest BCUT2D eigenvalue weighted by atomic mass is 9.47. The van der Waals surface area contributed by atoms with Crippen LogP contribution in [0.4, 0.5) is 0 Å². The van der Waals surface area contributed by atoms with E-state index in [1.807, 2.05) is 6.92 Å².